The molecule has 1 heterocycles. The van der Waals surface area contributed by atoms with Crippen molar-refractivity contribution in [3.05, 3.63) is 35.4 Å². The molecule has 0 radical (unpaired) electrons. The van der Waals surface area contributed by atoms with Crippen molar-refractivity contribution in [3.63, 3.8) is 0 Å². The molecule has 1 aromatic carbocycles. The van der Waals surface area contributed by atoms with Crippen molar-refractivity contribution >= 4 is 0 Å². The molecule has 1 fully saturated rings. The predicted molar refractivity (Wildman–Crippen MR) is 71.2 cm³/mol. The molecule has 1 atom stereocenters. The Morgan fingerprint density at radius 1 is 1.29 bits per heavy atom. The second kappa shape index (κ2) is 5.19. The van der Waals surface area contributed by atoms with E-state index in [1.165, 1.54) is 17.5 Å². The van der Waals surface area contributed by atoms with Gasteiger partial charge in [-0.15, -0.1) is 0 Å². The van der Waals surface area contributed by atoms with Crippen LogP contribution in [0.3, 0.4) is 0 Å². The van der Waals surface area contributed by atoms with Gasteiger partial charge in [-0.25, -0.2) is 0 Å². The van der Waals surface area contributed by atoms with Crippen molar-refractivity contribution in [3.8, 4) is 0 Å². The van der Waals surface area contributed by atoms with E-state index >= 15 is 0 Å². The van der Waals surface area contributed by atoms with Gasteiger partial charge in [-0.1, -0.05) is 37.6 Å². The van der Waals surface area contributed by atoms with Gasteiger partial charge < -0.3 is 10.1 Å². The first kappa shape index (κ1) is 12.6. The van der Waals surface area contributed by atoms with Crippen molar-refractivity contribution in [2.75, 3.05) is 13.1 Å². The van der Waals surface area contributed by atoms with Crippen molar-refractivity contribution in [1.29, 1.82) is 0 Å². The molecule has 2 heteroatoms. The average molecular weight is 233 g/mol. The van der Waals surface area contributed by atoms with Crippen LogP contribution in [0.25, 0.3) is 0 Å². The first-order valence-corrected chi connectivity index (χ1v) is 6.58. The Bertz CT molecular complexity index is 356. The Morgan fingerprint density at radius 3 is 2.59 bits per heavy atom. The lowest BCUT2D eigenvalue weighted by atomic mass is 10.0. The van der Waals surface area contributed by atoms with Crippen LogP contribution in [0.1, 0.15) is 44.4 Å². The van der Waals surface area contributed by atoms with E-state index in [-0.39, 0.29) is 11.7 Å². The van der Waals surface area contributed by atoms with E-state index in [4.69, 9.17) is 4.74 Å². The first-order valence-electron chi connectivity index (χ1n) is 6.58. The summed E-state index contributed by atoms with van der Waals surface area (Å²) >= 11 is 0. The SMILES string of the molecule is CCCc1ccc(C2CNCC(C)(C)O2)cc1. The third-order valence-corrected chi connectivity index (χ3v) is 3.23. The fraction of sp³-hybridized carbons (Fsp3) is 0.600. The molecular formula is C15H23NO. The summed E-state index contributed by atoms with van der Waals surface area (Å²) < 4.78 is 6.10. The highest BCUT2D eigenvalue weighted by atomic mass is 16.5. The first-order chi connectivity index (χ1) is 8.11. The van der Waals surface area contributed by atoms with Crippen LogP contribution in [0, 0.1) is 0 Å². The second-order valence-corrected chi connectivity index (χ2v) is 5.49. The summed E-state index contributed by atoms with van der Waals surface area (Å²) in [7, 11) is 0. The van der Waals surface area contributed by atoms with Crippen LogP contribution in [0.15, 0.2) is 24.3 Å². The molecule has 1 aliphatic heterocycles. The quantitative estimate of drug-likeness (QED) is 0.866. The van der Waals surface area contributed by atoms with Gasteiger partial charge in [0, 0.05) is 13.1 Å². The molecule has 0 aliphatic carbocycles. The van der Waals surface area contributed by atoms with Crippen molar-refractivity contribution < 1.29 is 4.74 Å². The minimum atomic E-state index is -0.0645. The van der Waals surface area contributed by atoms with E-state index in [0.29, 0.717) is 0 Å². The van der Waals surface area contributed by atoms with E-state index in [0.717, 1.165) is 19.5 Å². The van der Waals surface area contributed by atoms with Crippen LogP contribution >= 0.6 is 0 Å². The van der Waals surface area contributed by atoms with Gasteiger partial charge in [0.1, 0.15) is 0 Å². The molecule has 1 aliphatic rings. The number of benzene rings is 1. The highest BCUT2D eigenvalue weighted by Gasteiger charge is 2.28. The summed E-state index contributed by atoms with van der Waals surface area (Å²) in [6.45, 7) is 8.33. The molecule has 0 aromatic heterocycles. The van der Waals surface area contributed by atoms with Crippen molar-refractivity contribution in [1.82, 2.24) is 5.32 Å². The van der Waals surface area contributed by atoms with Crippen LogP contribution in [-0.2, 0) is 11.2 Å². The van der Waals surface area contributed by atoms with E-state index in [1.54, 1.807) is 0 Å². The molecule has 0 bridgehead atoms. The lowest BCUT2D eigenvalue weighted by molar-refractivity contribution is -0.0958. The number of ether oxygens (including phenoxy) is 1. The maximum absolute atomic E-state index is 6.10. The summed E-state index contributed by atoms with van der Waals surface area (Å²) in [6.07, 6.45) is 2.55. The zero-order valence-corrected chi connectivity index (χ0v) is 11.1. The highest BCUT2D eigenvalue weighted by Crippen LogP contribution is 2.26. The second-order valence-electron chi connectivity index (χ2n) is 5.49. The van der Waals surface area contributed by atoms with Crippen LogP contribution in [0.4, 0.5) is 0 Å². The lowest BCUT2D eigenvalue weighted by Crippen LogP contribution is -2.46. The van der Waals surface area contributed by atoms with Crippen molar-refractivity contribution in [2.24, 2.45) is 0 Å². The van der Waals surface area contributed by atoms with Gasteiger partial charge in [0.15, 0.2) is 0 Å². The molecule has 0 spiro atoms. The van der Waals surface area contributed by atoms with Crippen LogP contribution < -0.4 is 5.32 Å². The van der Waals surface area contributed by atoms with Gasteiger partial charge in [-0.3, -0.25) is 0 Å². The molecule has 94 valence electrons. The number of morpholine rings is 1. The Labute approximate surface area is 104 Å². The largest absolute Gasteiger partial charge is 0.365 e. The van der Waals surface area contributed by atoms with Crippen molar-refractivity contribution in [2.45, 2.75) is 45.3 Å². The Hall–Kier alpha value is -0.860. The van der Waals surface area contributed by atoms with Gasteiger partial charge in [0.05, 0.1) is 11.7 Å². The monoisotopic (exact) mass is 233 g/mol. The Kier molecular flexibility index (Phi) is 3.85. The van der Waals surface area contributed by atoms with Gasteiger partial charge in [-0.2, -0.15) is 0 Å². The maximum atomic E-state index is 6.10. The number of rotatable bonds is 3. The summed E-state index contributed by atoms with van der Waals surface area (Å²) in [5.41, 5.74) is 2.63. The summed E-state index contributed by atoms with van der Waals surface area (Å²) in [4.78, 5) is 0. The van der Waals surface area contributed by atoms with E-state index < -0.39 is 0 Å². The lowest BCUT2D eigenvalue weighted by Gasteiger charge is -2.36. The maximum Gasteiger partial charge on any atom is 0.0957 e. The zero-order chi connectivity index (χ0) is 12.3. The third kappa shape index (κ3) is 3.30. The van der Waals surface area contributed by atoms with Crippen LogP contribution in [0.2, 0.25) is 0 Å². The van der Waals surface area contributed by atoms with E-state index in [9.17, 15) is 0 Å². The summed E-state index contributed by atoms with van der Waals surface area (Å²) in [6, 6.07) is 8.87. The minimum Gasteiger partial charge on any atom is -0.365 e. The fourth-order valence-corrected chi connectivity index (χ4v) is 2.35. The molecule has 1 N–H and O–H groups in total. The third-order valence-electron chi connectivity index (χ3n) is 3.23. The topological polar surface area (TPSA) is 21.3 Å². The normalized spacial score (nSPS) is 23.6. The van der Waals surface area contributed by atoms with Crippen LogP contribution in [-0.4, -0.2) is 18.7 Å². The fourth-order valence-electron chi connectivity index (χ4n) is 2.35. The number of aryl methyl sites for hydroxylation is 1. The molecule has 0 amide bonds. The smallest absolute Gasteiger partial charge is 0.0957 e. The van der Waals surface area contributed by atoms with Gasteiger partial charge in [-0.05, 0) is 31.4 Å². The number of hydrogen-bond donors (Lipinski definition) is 1. The predicted octanol–water partition coefficient (Wildman–Crippen LogP) is 3.08. The van der Waals surface area contributed by atoms with E-state index in [1.807, 2.05) is 0 Å². The molecule has 17 heavy (non-hydrogen) atoms. The number of nitrogens with one attached hydrogen (secondary N) is 1. The molecule has 2 nitrogen and oxygen atoms in total. The van der Waals surface area contributed by atoms with Crippen LogP contribution in [0.5, 0.6) is 0 Å². The molecule has 1 unspecified atom stereocenters. The summed E-state index contributed by atoms with van der Waals surface area (Å²) in [5, 5.41) is 3.44. The highest BCUT2D eigenvalue weighted by molar-refractivity contribution is 5.25. The van der Waals surface area contributed by atoms with Gasteiger partial charge in [0.25, 0.3) is 0 Å². The molecule has 1 aromatic rings. The van der Waals surface area contributed by atoms with E-state index in [2.05, 4.69) is 50.4 Å². The molecule has 1 saturated heterocycles. The van der Waals surface area contributed by atoms with Gasteiger partial charge >= 0.3 is 0 Å². The Morgan fingerprint density at radius 2 is 2.00 bits per heavy atom. The average Bonchev–Trinajstić information content (AvgIpc) is 2.29. The standard InChI is InChI=1S/C15H23NO/c1-4-5-12-6-8-13(9-7-12)14-10-16-11-15(2,3)17-14/h6-9,14,16H,4-5,10-11H2,1-3H3. The Balaban J connectivity index is 2.06. The summed E-state index contributed by atoms with van der Waals surface area (Å²) in [5.74, 6) is 0. The molecule has 2 rings (SSSR count). The minimum absolute atomic E-state index is 0.0645. The molecular weight excluding hydrogens is 210 g/mol. The van der Waals surface area contributed by atoms with Gasteiger partial charge in [0.2, 0.25) is 0 Å². The zero-order valence-electron chi connectivity index (χ0n) is 11.1. The molecule has 0 saturated carbocycles. The number of hydrogen-bond acceptors (Lipinski definition) is 2.